The Morgan fingerprint density at radius 2 is 2.18 bits per heavy atom. The first-order valence-corrected chi connectivity index (χ1v) is 5.84. The van der Waals surface area contributed by atoms with E-state index in [2.05, 4.69) is 0 Å². The standard InChI is InChI=1S/C12H14ClNO3/c13-10-3-1-9(2-4-10)11-7-14(5-6-17-11)8-12(15)16/h1-4,11H,5-8H2,(H,15,16)/t11-/m0/s1. The predicted molar refractivity (Wildman–Crippen MR) is 64.2 cm³/mol. The zero-order valence-electron chi connectivity index (χ0n) is 9.30. The smallest absolute Gasteiger partial charge is 0.317 e. The first-order chi connectivity index (χ1) is 8.15. The van der Waals surface area contributed by atoms with Gasteiger partial charge in [-0.25, -0.2) is 0 Å². The van der Waals surface area contributed by atoms with Crippen molar-refractivity contribution in [1.29, 1.82) is 0 Å². The van der Waals surface area contributed by atoms with E-state index in [1.165, 1.54) is 0 Å². The lowest BCUT2D eigenvalue weighted by molar-refractivity contribution is -0.140. The number of carbonyl (C=O) groups is 1. The molecule has 1 aromatic carbocycles. The number of carboxylic acids is 1. The van der Waals surface area contributed by atoms with Crippen LogP contribution in [0.15, 0.2) is 24.3 Å². The third-order valence-electron chi connectivity index (χ3n) is 2.75. The van der Waals surface area contributed by atoms with Gasteiger partial charge in [0.1, 0.15) is 0 Å². The molecule has 4 nitrogen and oxygen atoms in total. The molecule has 1 aliphatic rings. The number of ether oxygens (including phenoxy) is 1. The molecular weight excluding hydrogens is 242 g/mol. The Labute approximate surface area is 105 Å². The first-order valence-electron chi connectivity index (χ1n) is 5.46. The summed E-state index contributed by atoms with van der Waals surface area (Å²) in [6.45, 7) is 1.89. The Morgan fingerprint density at radius 1 is 1.47 bits per heavy atom. The van der Waals surface area contributed by atoms with Crippen molar-refractivity contribution < 1.29 is 14.6 Å². The fourth-order valence-electron chi connectivity index (χ4n) is 1.92. The molecule has 0 spiro atoms. The van der Waals surface area contributed by atoms with Crippen molar-refractivity contribution in [2.24, 2.45) is 0 Å². The van der Waals surface area contributed by atoms with Crippen molar-refractivity contribution in [1.82, 2.24) is 4.90 Å². The fraction of sp³-hybridized carbons (Fsp3) is 0.417. The zero-order valence-corrected chi connectivity index (χ0v) is 10.1. The second-order valence-corrected chi connectivity index (χ2v) is 4.48. The average Bonchev–Trinajstić information content (AvgIpc) is 2.29. The number of rotatable bonds is 3. The van der Waals surface area contributed by atoms with Crippen LogP contribution in [0.5, 0.6) is 0 Å². The Morgan fingerprint density at radius 3 is 2.82 bits per heavy atom. The molecule has 0 aromatic heterocycles. The molecule has 1 aliphatic heterocycles. The first kappa shape index (κ1) is 12.4. The highest BCUT2D eigenvalue weighted by Gasteiger charge is 2.23. The van der Waals surface area contributed by atoms with Crippen molar-refractivity contribution in [2.45, 2.75) is 6.10 Å². The predicted octanol–water partition coefficient (Wildman–Crippen LogP) is 1.80. The maximum Gasteiger partial charge on any atom is 0.317 e. The van der Waals surface area contributed by atoms with Crippen molar-refractivity contribution in [2.75, 3.05) is 26.2 Å². The number of benzene rings is 1. The normalized spacial score (nSPS) is 21.4. The summed E-state index contributed by atoms with van der Waals surface area (Å²) in [6, 6.07) is 7.46. The lowest BCUT2D eigenvalue weighted by Crippen LogP contribution is -2.41. The maximum atomic E-state index is 10.7. The van der Waals surface area contributed by atoms with Crippen molar-refractivity contribution >= 4 is 17.6 Å². The molecule has 1 fully saturated rings. The van der Waals surface area contributed by atoms with E-state index in [0.29, 0.717) is 24.7 Å². The van der Waals surface area contributed by atoms with Crippen LogP contribution in [-0.4, -0.2) is 42.2 Å². The molecule has 0 saturated carbocycles. The molecule has 0 unspecified atom stereocenters. The topological polar surface area (TPSA) is 49.8 Å². The number of halogens is 1. The van der Waals surface area contributed by atoms with E-state index >= 15 is 0 Å². The quantitative estimate of drug-likeness (QED) is 0.895. The summed E-state index contributed by atoms with van der Waals surface area (Å²) in [5.74, 6) is -0.804. The van der Waals surface area contributed by atoms with E-state index in [9.17, 15) is 4.79 Å². The summed E-state index contributed by atoms with van der Waals surface area (Å²) in [5, 5.41) is 9.45. The molecular formula is C12H14ClNO3. The number of carboxylic acid groups (broad SMARTS) is 1. The largest absolute Gasteiger partial charge is 0.480 e. The van der Waals surface area contributed by atoms with Crippen molar-refractivity contribution in [3.63, 3.8) is 0 Å². The van der Waals surface area contributed by atoms with Gasteiger partial charge in [0.25, 0.3) is 0 Å². The van der Waals surface area contributed by atoms with E-state index in [-0.39, 0.29) is 12.6 Å². The van der Waals surface area contributed by atoms with E-state index < -0.39 is 5.97 Å². The van der Waals surface area contributed by atoms with Crippen LogP contribution in [-0.2, 0) is 9.53 Å². The van der Waals surface area contributed by atoms with Gasteiger partial charge in [0.05, 0.1) is 19.3 Å². The molecule has 92 valence electrons. The van der Waals surface area contributed by atoms with E-state index in [1.807, 2.05) is 29.2 Å². The summed E-state index contributed by atoms with van der Waals surface area (Å²) in [6.07, 6.45) is -0.0691. The highest BCUT2D eigenvalue weighted by atomic mass is 35.5. The number of morpholine rings is 1. The van der Waals surface area contributed by atoms with Crippen LogP contribution in [0.2, 0.25) is 5.02 Å². The molecule has 1 aromatic rings. The van der Waals surface area contributed by atoms with Crippen LogP contribution in [0, 0.1) is 0 Å². The molecule has 17 heavy (non-hydrogen) atoms. The summed E-state index contributed by atoms with van der Waals surface area (Å²) in [4.78, 5) is 12.5. The van der Waals surface area contributed by atoms with E-state index in [0.717, 1.165) is 5.56 Å². The number of hydrogen-bond acceptors (Lipinski definition) is 3. The molecule has 1 N–H and O–H groups in total. The SMILES string of the molecule is O=C(O)CN1CCO[C@H](c2ccc(Cl)cc2)C1. The second kappa shape index (κ2) is 5.49. The second-order valence-electron chi connectivity index (χ2n) is 4.04. The summed E-state index contributed by atoms with van der Waals surface area (Å²) in [7, 11) is 0. The minimum atomic E-state index is -0.804. The van der Waals surface area contributed by atoms with Gasteiger partial charge < -0.3 is 9.84 Å². The third kappa shape index (κ3) is 3.43. The van der Waals surface area contributed by atoms with Crippen molar-refractivity contribution in [3.8, 4) is 0 Å². The summed E-state index contributed by atoms with van der Waals surface area (Å²) < 4.78 is 5.64. The number of aliphatic carboxylic acids is 1. The zero-order chi connectivity index (χ0) is 12.3. The van der Waals surface area contributed by atoms with Gasteiger partial charge in [0, 0.05) is 18.1 Å². The minimum absolute atomic E-state index is 0.0629. The molecule has 5 heteroatoms. The van der Waals surface area contributed by atoms with Crippen LogP contribution >= 0.6 is 11.6 Å². The van der Waals surface area contributed by atoms with Gasteiger partial charge in [-0.2, -0.15) is 0 Å². The molecule has 1 heterocycles. The summed E-state index contributed by atoms with van der Waals surface area (Å²) >= 11 is 5.82. The van der Waals surface area contributed by atoms with Gasteiger partial charge in [0.2, 0.25) is 0 Å². The summed E-state index contributed by atoms with van der Waals surface area (Å²) in [5.41, 5.74) is 1.03. The van der Waals surface area contributed by atoms with Gasteiger partial charge >= 0.3 is 5.97 Å². The van der Waals surface area contributed by atoms with E-state index in [4.69, 9.17) is 21.4 Å². The molecule has 2 rings (SSSR count). The molecule has 1 saturated heterocycles. The highest BCUT2D eigenvalue weighted by Crippen LogP contribution is 2.23. The van der Waals surface area contributed by atoms with Crippen LogP contribution in [0.3, 0.4) is 0 Å². The van der Waals surface area contributed by atoms with Gasteiger partial charge in [-0.1, -0.05) is 23.7 Å². The highest BCUT2D eigenvalue weighted by molar-refractivity contribution is 6.30. The molecule has 0 amide bonds. The van der Waals surface area contributed by atoms with Gasteiger partial charge in [0.15, 0.2) is 0 Å². The monoisotopic (exact) mass is 255 g/mol. The molecule has 0 bridgehead atoms. The van der Waals surface area contributed by atoms with Crippen LogP contribution in [0.25, 0.3) is 0 Å². The van der Waals surface area contributed by atoms with Crippen molar-refractivity contribution in [3.05, 3.63) is 34.9 Å². The van der Waals surface area contributed by atoms with E-state index in [1.54, 1.807) is 0 Å². The average molecular weight is 256 g/mol. The number of nitrogens with zero attached hydrogens (tertiary/aromatic N) is 1. The van der Waals surface area contributed by atoms with Crippen LogP contribution < -0.4 is 0 Å². The fourth-order valence-corrected chi connectivity index (χ4v) is 2.04. The lowest BCUT2D eigenvalue weighted by Gasteiger charge is -2.32. The Kier molecular flexibility index (Phi) is 3.99. The van der Waals surface area contributed by atoms with Gasteiger partial charge in [-0.15, -0.1) is 0 Å². The van der Waals surface area contributed by atoms with Gasteiger partial charge in [-0.05, 0) is 17.7 Å². The Bertz CT molecular complexity index is 393. The minimum Gasteiger partial charge on any atom is -0.480 e. The maximum absolute atomic E-state index is 10.7. The van der Waals surface area contributed by atoms with Crippen LogP contribution in [0.4, 0.5) is 0 Å². The lowest BCUT2D eigenvalue weighted by atomic mass is 10.1. The molecule has 0 radical (unpaired) electrons. The number of hydrogen-bond donors (Lipinski definition) is 1. The molecule has 0 aliphatic carbocycles. The van der Waals surface area contributed by atoms with Crippen LogP contribution in [0.1, 0.15) is 11.7 Å². The van der Waals surface area contributed by atoms with Gasteiger partial charge in [-0.3, -0.25) is 9.69 Å². The molecule has 1 atom stereocenters. The third-order valence-corrected chi connectivity index (χ3v) is 3.00. The Balaban J connectivity index is 2.01. The Hall–Kier alpha value is -1.10.